The number of hydrogen-bond acceptors (Lipinski definition) is 2. The van der Waals surface area contributed by atoms with Crippen molar-refractivity contribution < 1.29 is 0 Å². The molecule has 0 radical (unpaired) electrons. The van der Waals surface area contributed by atoms with E-state index in [1.54, 1.807) is 0 Å². The highest BCUT2D eigenvalue weighted by Crippen LogP contribution is 2.42. The van der Waals surface area contributed by atoms with E-state index in [4.69, 9.17) is 5.73 Å². The number of anilines is 1. The zero-order valence-corrected chi connectivity index (χ0v) is 7.66. The number of rotatable bonds is 2. The Labute approximate surface area is 77.9 Å². The molecule has 3 rings (SSSR count). The van der Waals surface area contributed by atoms with E-state index >= 15 is 0 Å². The molecular weight excluding hydrogens is 162 g/mol. The molecule has 2 aliphatic rings. The van der Waals surface area contributed by atoms with Gasteiger partial charge in [0.25, 0.3) is 0 Å². The van der Waals surface area contributed by atoms with Gasteiger partial charge in [-0.2, -0.15) is 0 Å². The van der Waals surface area contributed by atoms with Crippen molar-refractivity contribution in [3.63, 3.8) is 0 Å². The van der Waals surface area contributed by atoms with Crippen LogP contribution in [0.1, 0.15) is 24.4 Å². The van der Waals surface area contributed by atoms with E-state index in [0.29, 0.717) is 0 Å². The average Bonchev–Trinajstić information content (AvgIpc) is 2.73. The third-order valence-electron chi connectivity index (χ3n) is 3.13. The molecule has 70 valence electrons. The van der Waals surface area contributed by atoms with Crippen LogP contribution in [0.3, 0.4) is 0 Å². The van der Waals surface area contributed by atoms with E-state index in [2.05, 4.69) is 22.1 Å². The fourth-order valence-electron chi connectivity index (χ4n) is 2.15. The van der Waals surface area contributed by atoms with Crippen molar-refractivity contribution in [1.29, 1.82) is 0 Å². The van der Waals surface area contributed by atoms with E-state index in [0.717, 1.165) is 19.0 Å². The van der Waals surface area contributed by atoms with E-state index in [-0.39, 0.29) is 6.04 Å². The van der Waals surface area contributed by atoms with Crippen molar-refractivity contribution in [2.75, 3.05) is 11.9 Å². The summed E-state index contributed by atoms with van der Waals surface area (Å²) in [5, 5.41) is 3.40. The van der Waals surface area contributed by atoms with Crippen molar-refractivity contribution in [3.8, 4) is 0 Å². The lowest BCUT2D eigenvalue weighted by molar-refractivity contribution is 0.635. The molecule has 3 heteroatoms. The minimum atomic E-state index is 0.266. The second-order valence-electron chi connectivity index (χ2n) is 4.10. The quantitative estimate of drug-likeness (QED) is 0.715. The monoisotopic (exact) mass is 177 g/mol. The van der Waals surface area contributed by atoms with Gasteiger partial charge in [-0.3, -0.25) is 0 Å². The molecule has 1 unspecified atom stereocenters. The van der Waals surface area contributed by atoms with Crippen molar-refractivity contribution in [2.45, 2.75) is 25.4 Å². The molecule has 0 saturated heterocycles. The minimum absolute atomic E-state index is 0.266. The lowest BCUT2D eigenvalue weighted by Gasteiger charge is -2.10. The van der Waals surface area contributed by atoms with Crippen LogP contribution >= 0.6 is 0 Å². The van der Waals surface area contributed by atoms with Crippen LogP contribution in [-0.2, 0) is 6.54 Å². The highest BCUT2D eigenvalue weighted by molar-refractivity contribution is 5.51. The second kappa shape index (κ2) is 2.51. The molecule has 0 amide bonds. The molecule has 1 aromatic heterocycles. The van der Waals surface area contributed by atoms with Gasteiger partial charge < -0.3 is 15.6 Å². The van der Waals surface area contributed by atoms with Gasteiger partial charge in [-0.25, -0.2) is 0 Å². The number of fused-ring (bicyclic) bond motifs is 1. The molecule has 2 heterocycles. The van der Waals surface area contributed by atoms with Gasteiger partial charge in [0.2, 0.25) is 0 Å². The Balaban J connectivity index is 1.94. The lowest BCUT2D eigenvalue weighted by atomic mass is 10.1. The molecule has 1 aromatic rings. The zero-order chi connectivity index (χ0) is 8.84. The van der Waals surface area contributed by atoms with Gasteiger partial charge in [0.15, 0.2) is 0 Å². The summed E-state index contributed by atoms with van der Waals surface area (Å²) in [7, 11) is 0. The molecule has 0 aromatic carbocycles. The number of nitrogens with one attached hydrogen (secondary N) is 1. The first-order valence-corrected chi connectivity index (χ1v) is 5.05. The molecule has 1 aliphatic heterocycles. The number of nitrogens with two attached hydrogens (primary N) is 1. The zero-order valence-electron chi connectivity index (χ0n) is 7.66. The van der Waals surface area contributed by atoms with Gasteiger partial charge in [0.05, 0.1) is 0 Å². The van der Waals surface area contributed by atoms with E-state index in [1.807, 2.05) is 0 Å². The maximum atomic E-state index is 6.16. The van der Waals surface area contributed by atoms with Crippen LogP contribution in [0, 0.1) is 5.92 Å². The summed E-state index contributed by atoms with van der Waals surface area (Å²) < 4.78 is 2.26. The van der Waals surface area contributed by atoms with Crippen LogP contribution < -0.4 is 11.1 Å². The smallest absolute Gasteiger partial charge is 0.110 e. The van der Waals surface area contributed by atoms with Crippen molar-refractivity contribution in [1.82, 2.24) is 4.57 Å². The fraction of sp³-hybridized carbons (Fsp3) is 0.600. The van der Waals surface area contributed by atoms with Gasteiger partial charge in [0.1, 0.15) is 5.82 Å². The molecule has 1 aliphatic carbocycles. The summed E-state index contributed by atoms with van der Waals surface area (Å²) >= 11 is 0. The first kappa shape index (κ1) is 7.44. The number of hydrogen-bond donors (Lipinski definition) is 2. The Morgan fingerprint density at radius 2 is 2.38 bits per heavy atom. The third-order valence-corrected chi connectivity index (χ3v) is 3.13. The standard InChI is InChI=1S/C10H15N3/c11-9(7-1-2-7)8-3-5-13-6-4-12-10(8)13/h3,5,7,9,12H,1-2,4,6,11H2. The summed E-state index contributed by atoms with van der Waals surface area (Å²) in [6.07, 6.45) is 4.77. The highest BCUT2D eigenvalue weighted by atomic mass is 15.2. The van der Waals surface area contributed by atoms with Crippen molar-refractivity contribution in [2.24, 2.45) is 11.7 Å². The summed E-state index contributed by atoms with van der Waals surface area (Å²) in [4.78, 5) is 0. The van der Waals surface area contributed by atoms with Crippen LogP contribution in [0.15, 0.2) is 12.3 Å². The van der Waals surface area contributed by atoms with Gasteiger partial charge >= 0.3 is 0 Å². The fourth-order valence-corrected chi connectivity index (χ4v) is 2.15. The first-order chi connectivity index (χ1) is 6.36. The highest BCUT2D eigenvalue weighted by Gasteiger charge is 2.32. The van der Waals surface area contributed by atoms with E-state index in [9.17, 15) is 0 Å². The number of aromatic nitrogens is 1. The maximum Gasteiger partial charge on any atom is 0.110 e. The minimum Gasteiger partial charge on any atom is -0.369 e. The summed E-state index contributed by atoms with van der Waals surface area (Å²) in [5.74, 6) is 2.01. The summed E-state index contributed by atoms with van der Waals surface area (Å²) in [6.45, 7) is 2.15. The van der Waals surface area contributed by atoms with Crippen LogP contribution in [-0.4, -0.2) is 11.1 Å². The van der Waals surface area contributed by atoms with E-state index < -0.39 is 0 Å². The van der Waals surface area contributed by atoms with Gasteiger partial charge in [-0.15, -0.1) is 0 Å². The van der Waals surface area contributed by atoms with Crippen molar-refractivity contribution in [3.05, 3.63) is 17.8 Å². The molecule has 3 nitrogen and oxygen atoms in total. The Bertz CT molecular complexity index is 325. The Hall–Kier alpha value is -0.960. The average molecular weight is 177 g/mol. The Kier molecular flexibility index (Phi) is 1.44. The summed E-state index contributed by atoms with van der Waals surface area (Å²) in [5.41, 5.74) is 7.48. The molecule has 13 heavy (non-hydrogen) atoms. The molecule has 0 spiro atoms. The molecule has 1 fully saturated rings. The predicted molar refractivity (Wildman–Crippen MR) is 52.6 cm³/mol. The molecule has 0 bridgehead atoms. The molecule has 3 N–H and O–H groups in total. The molecular formula is C10H15N3. The molecule has 1 atom stereocenters. The van der Waals surface area contributed by atoms with Crippen molar-refractivity contribution >= 4 is 5.82 Å². The normalized spacial score (nSPS) is 22.5. The van der Waals surface area contributed by atoms with E-state index in [1.165, 1.54) is 24.2 Å². The third kappa shape index (κ3) is 1.07. The topological polar surface area (TPSA) is 43.0 Å². The largest absolute Gasteiger partial charge is 0.369 e. The Morgan fingerprint density at radius 3 is 3.15 bits per heavy atom. The maximum absolute atomic E-state index is 6.16. The SMILES string of the molecule is NC(c1ccn2c1NCC2)C1CC1. The van der Waals surface area contributed by atoms with Crippen LogP contribution in [0.5, 0.6) is 0 Å². The van der Waals surface area contributed by atoms with Crippen LogP contribution in [0.2, 0.25) is 0 Å². The van der Waals surface area contributed by atoms with Gasteiger partial charge in [-0.05, 0) is 24.8 Å². The lowest BCUT2D eigenvalue weighted by Crippen LogP contribution is -2.13. The van der Waals surface area contributed by atoms with Crippen LogP contribution in [0.4, 0.5) is 5.82 Å². The van der Waals surface area contributed by atoms with Gasteiger partial charge in [-0.1, -0.05) is 0 Å². The summed E-state index contributed by atoms with van der Waals surface area (Å²) in [6, 6.07) is 2.44. The second-order valence-corrected chi connectivity index (χ2v) is 4.10. The first-order valence-electron chi connectivity index (χ1n) is 5.05. The predicted octanol–water partition coefficient (Wildman–Crippen LogP) is 1.32. The van der Waals surface area contributed by atoms with Gasteiger partial charge in [0, 0.05) is 30.9 Å². The molecule has 1 saturated carbocycles. The van der Waals surface area contributed by atoms with Crippen LogP contribution in [0.25, 0.3) is 0 Å². The Morgan fingerprint density at radius 1 is 1.54 bits per heavy atom. The number of nitrogens with zero attached hydrogens (tertiary/aromatic N) is 1.